The summed E-state index contributed by atoms with van der Waals surface area (Å²) in [5.41, 5.74) is 1.26. The summed E-state index contributed by atoms with van der Waals surface area (Å²) >= 11 is 0. The third-order valence-electron chi connectivity index (χ3n) is 5.60. The van der Waals surface area contributed by atoms with Gasteiger partial charge in [-0.05, 0) is 11.5 Å². The van der Waals surface area contributed by atoms with Crippen LogP contribution in [0.5, 0.6) is 0 Å². The average molecular weight is 394 g/mol. The van der Waals surface area contributed by atoms with E-state index in [9.17, 15) is 9.59 Å². The lowest BCUT2D eigenvalue weighted by Gasteiger charge is -2.34. The zero-order chi connectivity index (χ0) is 20.2. The molecule has 1 fully saturated rings. The first kappa shape index (κ1) is 19.6. The van der Waals surface area contributed by atoms with E-state index in [1.807, 2.05) is 30.3 Å². The van der Waals surface area contributed by atoms with Gasteiger partial charge < -0.3 is 15.7 Å². The van der Waals surface area contributed by atoms with Crippen LogP contribution in [0.2, 0.25) is 0 Å². The van der Waals surface area contributed by atoms with Crippen molar-refractivity contribution in [1.82, 2.24) is 15.1 Å². The van der Waals surface area contributed by atoms with Gasteiger partial charge in [0.2, 0.25) is 5.78 Å². The molecule has 152 valence electrons. The molecule has 0 unspecified atom stereocenters. The molecule has 2 aliphatic rings. The Labute approximate surface area is 170 Å². The van der Waals surface area contributed by atoms with Gasteiger partial charge in [-0.3, -0.25) is 19.4 Å². The summed E-state index contributed by atoms with van der Waals surface area (Å²) in [6.07, 6.45) is 1.54. The number of carbonyl (C=O) groups excluding carboxylic acids is 2. The molecule has 7 heteroatoms. The zero-order valence-corrected chi connectivity index (χ0v) is 16.4. The molecule has 0 atom stereocenters. The lowest BCUT2D eigenvalue weighted by atomic mass is 9.94. The molecule has 2 aromatic carbocycles. The number of nitrogens with one attached hydrogen (secondary N) is 2. The summed E-state index contributed by atoms with van der Waals surface area (Å²) in [7, 11) is 0. The third kappa shape index (κ3) is 4.17. The van der Waals surface area contributed by atoms with E-state index < -0.39 is 0 Å². The molecule has 4 rings (SSSR count). The molecule has 0 saturated carbocycles. The van der Waals surface area contributed by atoms with Gasteiger partial charge in [0.25, 0.3) is 5.91 Å². The number of carbonyl (C=O) groups is 2. The number of anilines is 1. The Hall–Kier alpha value is -2.74. The van der Waals surface area contributed by atoms with Crippen molar-refractivity contribution in [1.29, 1.82) is 0 Å². The highest BCUT2D eigenvalue weighted by atomic mass is 16.3. The first-order valence-corrected chi connectivity index (χ1v) is 10.0. The van der Waals surface area contributed by atoms with Crippen LogP contribution in [0.15, 0.2) is 48.2 Å². The fraction of sp³-hybridized carbons (Fsp3) is 0.364. The van der Waals surface area contributed by atoms with Crippen LogP contribution in [0.25, 0.3) is 10.8 Å². The maximum atomic E-state index is 12.9. The van der Waals surface area contributed by atoms with Gasteiger partial charge in [-0.25, -0.2) is 0 Å². The van der Waals surface area contributed by atoms with E-state index in [-0.39, 0.29) is 23.9 Å². The molecule has 7 nitrogen and oxygen atoms in total. The van der Waals surface area contributed by atoms with E-state index in [0.717, 1.165) is 50.0 Å². The highest BCUT2D eigenvalue weighted by Crippen LogP contribution is 2.32. The lowest BCUT2D eigenvalue weighted by molar-refractivity contribution is -0.112. The molecular formula is C22H26N4O3. The van der Waals surface area contributed by atoms with Crippen molar-refractivity contribution in [3.63, 3.8) is 0 Å². The normalized spacial score (nSPS) is 19.4. The van der Waals surface area contributed by atoms with Crippen molar-refractivity contribution in [2.75, 3.05) is 57.7 Å². The van der Waals surface area contributed by atoms with Crippen molar-refractivity contribution in [3.8, 4) is 0 Å². The molecule has 0 aromatic heterocycles. The van der Waals surface area contributed by atoms with E-state index in [1.54, 1.807) is 6.07 Å². The van der Waals surface area contributed by atoms with Crippen molar-refractivity contribution in [3.05, 3.63) is 53.7 Å². The number of rotatable bonds is 6. The molecule has 2 heterocycles. The van der Waals surface area contributed by atoms with Gasteiger partial charge in [0.15, 0.2) is 0 Å². The maximum absolute atomic E-state index is 12.9. The van der Waals surface area contributed by atoms with E-state index in [2.05, 4.69) is 20.4 Å². The minimum absolute atomic E-state index is 0.139. The first-order chi connectivity index (χ1) is 14.2. The van der Waals surface area contributed by atoms with Gasteiger partial charge in [-0.15, -0.1) is 0 Å². The fourth-order valence-corrected chi connectivity index (χ4v) is 3.93. The number of hydrogen-bond acceptors (Lipinski definition) is 6. The van der Waals surface area contributed by atoms with Gasteiger partial charge in [-0.2, -0.15) is 0 Å². The number of piperazine rings is 1. The molecule has 29 heavy (non-hydrogen) atoms. The zero-order valence-electron chi connectivity index (χ0n) is 16.4. The quantitative estimate of drug-likeness (QED) is 0.386. The monoisotopic (exact) mass is 394 g/mol. The highest BCUT2D eigenvalue weighted by molar-refractivity contribution is 6.36. The summed E-state index contributed by atoms with van der Waals surface area (Å²) in [6, 6.07) is 11.4. The van der Waals surface area contributed by atoms with Crippen LogP contribution in [-0.2, 0) is 4.79 Å². The molecule has 1 amide bonds. The summed E-state index contributed by atoms with van der Waals surface area (Å²) in [5, 5.41) is 16.9. The molecule has 3 N–H and O–H groups in total. The Balaban J connectivity index is 1.37. The number of benzene rings is 2. The Morgan fingerprint density at radius 2 is 1.72 bits per heavy atom. The molecular weight excluding hydrogens is 368 g/mol. The van der Waals surface area contributed by atoms with E-state index in [0.29, 0.717) is 17.8 Å². The number of β-amino-alcohol motifs (C(OH)–C–C–N with tert-alkyl or cyclic N) is 1. The second-order valence-electron chi connectivity index (χ2n) is 7.41. The van der Waals surface area contributed by atoms with Gasteiger partial charge in [-0.1, -0.05) is 30.3 Å². The molecule has 0 spiro atoms. The Morgan fingerprint density at radius 1 is 1.00 bits per heavy atom. The topological polar surface area (TPSA) is 84.9 Å². The van der Waals surface area contributed by atoms with Crippen LogP contribution >= 0.6 is 0 Å². The summed E-state index contributed by atoms with van der Waals surface area (Å²) in [5.74, 6) is -0.622. The highest BCUT2D eigenvalue weighted by Gasteiger charge is 2.29. The number of Topliss-reactive ketones (excluding diaryl/α,β-unsaturated/α-hetero) is 1. The molecule has 0 bridgehead atoms. The maximum Gasteiger partial charge on any atom is 0.261 e. The average Bonchev–Trinajstić information content (AvgIpc) is 2.74. The smallest absolute Gasteiger partial charge is 0.261 e. The molecule has 2 aromatic rings. The minimum atomic E-state index is -0.371. The number of fused-ring (bicyclic) bond motifs is 3. The van der Waals surface area contributed by atoms with E-state index in [4.69, 9.17) is 5.11 Å². The van der Waals surface area contributed by atoms with Crippen LogP contribution in [0.3, 0.4) is 0 Å². The Kier molecular flexibility index (Phi) is 5.89. The van der Waals surface area contributed by atoms with E-state index in [1.165, 1.54) is 6.20 Å². The molecule has 0 aliphatic carbocycles. The van der Waals surface area contributed by atoms with Gasteiger partial charge in [0.1, 0.15) is 5.57 Å². The number of nitrogens with zero attached hydrogens (tertiary/aromatic N) is 2. The van der Waals surface area contributed by atoms with Crippen molar-refractivity contribution in [2.45, 2.75) is 0 Å². The second kappa shape index (κ2) is 8.73. The lowest BCUT2D eigenvalue weighted by Crippen LogP contribution is -2.48. The largest absolute Gasteiger partial charge is 0.395 e. The summed E-state index contributed by atoms with van der Waals surface area (Å²) < 4.78 is 0. The number of aliphatic hydroxyl groups is 1. The van der Waals surface area contributed by atoms with Crippen LogP contribution < -0.4 is 10.6 Å². The van der Waals surface area contributed by atoms with Crippen LogP contribution in [0.4, 0.5) is 5.69 Å². The third-order valence-corrected chi connectivity index (χ3v) is 5.60. The predicted octanol–water partition coefficient (Wildman–Crippen LogP) is 1.06. The molecule has 2 aliphatic heterocycles. The molecule has 1 saturated heterocycles. The van der Waals surface area contributed by atoms with Crippen LogP contribution in [0, 0.1) is 0 Å². The minimum Gasteiger partial charge on any atom is -0.395 e. The Bertz CT molecular complexity index is 948. The first-order valence-electron chi connectivity index (χ1n) is 10.0. The molecule has 0 radical (unpaired) electrons. The summed E-state index contributed by atoms with van der Waals surface area (Å²) in [6.45, 7) is 6.25. The Morgan fingerprint density at radius 3 is 2.48 bits per heavy atom. The predicted molar refractivity (Wildman–Crippen MR) is 113 cm³/mol. The van der Waals surface area contributed by atoms with E-state index >= 15 is 0 Å². The fourth-order valence-electron chi connectivity index (χ4n) is 3.93. The SMILES string of the molecule is O=C1Nc2c(ccc3ccccc23)C(=O)/C1=C\NCCN1CCN(CCO)CC1. The second-order valence-corrected chi connectivity index (χ2v) is 7.41. The number of aliphatic hydroxyl groups excluding tert-OH is 1. The van der Waals surface area contributed by atoms with Crippen LogP contribution in [-0.4, -0.2) is 79.0 Å². The van der Waals surface area contributed by atoms with Gasteiger partial charge in [0, 0.05) is 63.0 Å². The number of amides is 1. The van der Waals surface area contributed by atoms with Crippen molar-refractivity contribution in [2.24, 2.45) is 0 Å². The van der Waals surface area contributed by atoms with Gasteiger partial charge in [0.05, 0.1) is 12.3 Å². The number of hydrogen-bond donors (Lipinski definition) is 3. The van der Waals surface area contributed by atoms with Crippen molar-refractivity contribution >= 4 is 28.2 Å². The van der Waals surface area contributed by atoms with Gasteiger partial charge >= 0.3 is 0 Å². The van der Waals surface area contributed by atoms with Crippen LogP contribution in [0.1, 0.15) is 10.4 Å². The van der Waals surface area contributed by atoms with Crippen molar-refractivity contribution < 1.29 is 14.7 Å². The standard InChI is InChI=1S/C22H26N4O3/c27-14-13-26-11-9-25(10-12-26)8-7-23-15-19-21(28)18-6-5-16-3-1-2-4-17(16)20(18)24-22(19)29/h1-6,15,23,27H,7-14H2,(H,24,29)/b19-15+. The number of ketones is 1. The summed E-state index contributed by atoms with van der Waals surface area (Å²) in [4.78, 5) is 30.0.